The Bertz CT molecular complexity index is 1040. The summed E-state index contributed by atoms with van der Waals surface area (Å²) in [4.78, 5) is 14.5. The molecule has 2 aromatic heterocycles. The third kappa shape index (κ3) is 3.23. The molecule has 0 unspecified atom stereocenters. The zero-order valence-corrected chi connectivity index (χ0v) is 15.3. The van der Waals surface area contributed by atoms with Crippen molar-refractivity contribution in [2.24, 2.45) is 0 Å². The lowest BCUT2D eigenvalue weighted by Crippen LogP contribution is -2.35. The van der Waals surface area contributed by atoms with E-state index in [1.807, 2.05) is 0 Å². The van der Waals surface area contributed by atoms with E-state index in [1.54, 1.807) is 46.8 Å². The van der Waals surface area contributed by atoms with Crippen molar-refractivity contribution in [1.82, 2.24) is 15.1 Å². The van der Waals surface area contributed by atoms with Crippen molar-refractivity contribution in [3.63, 3.8) is 0 Å². The molecule has 0 atom stereocenters. The molecule has 1 aromatic carbocycles. The molecule has 1 aliphatic heterocycles. The summed E-state index contributed by atoms with van der Waals surface area (Å²) in [7, 11) is -3.64. The van der Waals surface area contributed by atoms with Crippen LogP contribution in [0.2, 0.25) is 0 Å². The Labute approximate surface area is 154 Å². The molecule has 9 heteroatoms. The number of carbonyl (C=O) groups excluding carboxylic acids is 1. The lowest BCUT2D eigenvalue weighted by molar-refractivity contribution is 0.0734. The van der Waals surface area contributed by atoms with Gasteiger partial charge in [0.1, 0.15) is 4.21 Å². The predicted molar refractivity (Wildman–Crippen MR) is 98.6 cm³/mol. The van der Waals surface area contributed by atoms with Crippen molar-refractivity contribution in [1.29, 1.82) is 0 Å². The molecule has 3 heterocycles. The highest BCUT2D eigenvalue weighted by Gasteiger charge is 2.23. The number of hydrogen-bond donors (Lipinski definition) is 2. The molecule has 1 aliphatic rings. The molecular weight excluding hydrogens is 372 g/mol. The summed E-state index contributed by atoms with van der Waals surface area (Å²) in [6.45, 7) is 1.09. The van der Waals surface area contributed by atoms with Crippen LogP contribution in [-0.4, -0.2) is 36.0 Å². The number of amides is 1. The van der Waals surface area contributed by atoms with Gasteiger partial charge >= 0.3 is 0 Å². The number of thiophene rings is 1. The number of nitrogens with zero attached hydrogens (tertiary/aromatic N) is 2. The van der Waals surface area contributed by atoms with Gasteiger partial charge in [-0.1, -0.05) is 12.1 Å². The van der Waals surface area contributed by atoms with Gasteiger partial charge < -0.3 is 4.90 Å². The Morgan fingerprint density at radius 3 is 2.96 bits per heavy atom. The SMILES string of the molecule is O=C(c1cccc(NS(=O)(=O)c2cccs2)c1)N1CCc2[nH]ncc2C1. The summed E-state index contributed by atoms with van der Waals surface area (Å²) in [6, 6.07) is 9.78. The summed E-state index contributed by atoms with van der Waals surface area (Å²) in [6.07, 6.45) is 2.46. The molecule has 0 spiro atoms. The topological polar surface area (TPSA) is 95.2 Å². The number of carbonyl (C=O) groups is 1. The average Bonchev–Trinajstić information content (AvgIpc) is 3.32. The van der Waals surface area contributed by atoms with Crippen molar-refractivity contribution >= 4 is 33.0 Å². The van der Waals surface area contributed by atoms with E-state index in [4.69, 9.17) is 0 Å². The fourth-order valence-electron chi connectivity index (χ4n) is 2.92. The van der Waals surface area contributed by atoms with Crippen LogP contribution in [0.15, 0.2) is 52.2 Å². The van der Waals surface area contributed by atoms with Gasteiger partial charge in [0.2, 0.25) is 0 Å². The van der Waals surface area contributed by atoms with Crippen molar-refractivity contribution in [2.45, 2.75) is 17.2 Å². The Morgan fingerprint density at radius 2 is 2.15 bits per heavy atom. The highest BCUT2D eigenvalue weighted by molar-refractivity contribution is 7.94. The highest BCUT2D eigenvalue weighted by Crippen LogP contribution is 2.23. The Balaban J connectivity index is 1.54. The Morgan fingerprint density at radius 1 is 1.27 bits per heavy atom. The van der Waals surface area contributed by atoms with Crippen LogP contribution < -0.4 is 4.72 Å². The van der Waals surface area contributed by atoms with Gasteiger partial charge in [0.15, 0.2) is 0 Å². The molecule has 134 valence electrons. The third-order valence-corrected chi connectivity index (χ3v) is 6.99. The summed E-state index contributed by atoms with van der Waals surface area (Å²) < 4.78 is 27.5. The van der Waals surface area contributed by atoms with Gasteiger partial charge in [0, 0.05) is 42.0 Å². The fraction of sp³-hybridized carbons (Fsp3) is 0.176. The Kier molecular flexibility index (Phi) is 4.25. The number of sulfonamides is 1. The zero-order valence-electron chi connectivity index (χ0n) is 13.7. The predicted octanol–water partition coefficient (Wildman–Crippen LogP) is 2.47. The first-order valence-electron chi connectivity index (χ1n) is 8.00. The summed E-state index contributed by atoms with van der Waals surface area (Å²) in [5, 5.41) is 8.66. The minimum Gasteiger partial charge on any atom is -0.334 e. The number of H-pyrrole nitrogens is 1. The summed E-state index contributed by atoms with van der Waals surface area (Å²) in [5.41, 5.74) is 2.89. The third-order valence-electron chi connectivity index (χ3n) is 4.21. The average molecular weight is 388 g/mol. The number of anilines is 1. The van der Waals surface area contributed by atoms with E-state index in [9.17, 15) is 13.2 Å². The quantitative estimate of drug-likeness (QED) is 0.718. The lowest BCUT2D eigenvalue weighted by atomic mass is 10.1. The molecule has 4 rings (SSSR count). The first-order chi connectivity index (χ1) is 12.5. The molecule has 1 amide bonds. The molecule has 7 nitrogen and oxygen atoms in total. The minimum absolute atomic E-state index is 0.131. The number of hydrogen-bond acceptors (Lipinski definition) is 5. The van der Waals surface area contributed by atoms with Crippen LogP contribution in [0.3, 0.4) is 0 Å². The van der Waals surface area contributed by atoms with Gasteiger partial charge in [-0.3, -0.25) is 14.6 Å². The lowest BCUT2D eigenvalue weighted by Gasteiger charge is -2.26. The van der Waals surface area contributed by atoms with Crippen LogP contribution >= 0.6 is 11.3 Å². The van der Waals surface area contributed by atoms with Crippen molar-refractivity contribution in [2.75, 3.05) is 11.3 Å². The van der Waals surface area contributed by atoms with E-state index in [-0.39, 0.29) is 10.1 Å². The standard InChI is InChI=1S/C17H16N4O3S2/c22-17(21-7-6-15-13(11-21)10-18-19-15)12-3-1-4-14(9-12)20-26(23,24)16-5-2-8-25-16/h1-5,8-10,20H,6-7,11H2,(H,18,19). The van der Waals surface area contributed by atoms with Gasteiger partial charge in [0.25, 0.3) is 15.9 Å². The molecule has 0 bridgehead atoms. The van der Waals surface area contributed by atoms with E-state index >= 15 is 0 Å². The number of aromatic amines is 1. The van der Waals surface area contributed by atoms with Crippen molar-refractivity contribution < 1.29 is 13.2 Å². The first kappa shape index (κ1) is 16.8. The van der Waals surface area contributed by atoms with E-state index in [0.29, 0.717) is 24.3 Å². The minimum atomic E-state index is -3.64. The van der Waals surface area contributed by atoms with Gasteiger partial charge in [-0.2, -0.15) is 5.10 Å². The second-order valence-electron chi connectivity index (χ2n) is 5.97. The fourth-order valence-corrected chi connectivity index (χ4v) is 4.96. The maximum absolute atomic E-state index is 12.8. The van der Waals surface area contributed by atoms with Crippen LogP contribution in [0.4, 0.5) is 5.69 Å². The maximum Gasteiger partial charge on any atom is 0.271 e. The van der Waals surface area contributed by atoms with Crippen LogP contribution in [0.5, 0.6) is 0 Å². The molecule has 3 aromatic rings. The smallest absolute Gasteiger partial charge is 0.271 e. The van der Waals surface area contributed by atoms with Gasteiger partial charge in [-0.25, -0.2) is 8.42 Å². The van der Waals surface area contributed by atoms with Crippen LogP contribution in [0.25, 0.3) is 0 Å². The van der Waals surface area contributed by atoms with E-state index in [2.05, 4.69) is 14.9 Å². The van der Waals surface area contributed by atoms with Crippen LogP contribution in [0.1, 0.15) is 21.6 Å². The normalized spacial score (nSPS) is 14.1. The second-order valence-corrected chi connectivity index (χ2v) is 8.83. The molecule has 0 aliphatic carbocycles. The number of aromatic nitrogens is 2. The molecule has 0 saturated heterocycles. The second kappa shape index (κ2) is 6.58. The summed E-state index contributed by atoms with van der Waals surface area (Å²) in [5.74, 6) is -0.131. The van der Waals surface area contributed by atoms with Gasteiger partial charge in [-0.05, 0) is 29.6 Å². The number of fused-ring (bicyclic) bond motifs is 1. The molecule has 26 heavy (non-hydrogen) atoms. The number of rotatable bonds is 4. The zero-order chi connectivity index (χ0) is 18.1. The molecular formula is C17H16N4O3S2. The van der Waals surface area contributed by atoms with Crippen molar-refractivity contribution in [3.05, 3.63) is 64.8 Å². The van der Waals surface area contributed by atoms with Gasteiger partial charge in [-0.15, -0.1) is 11.3 Å². The number of nitrogens with one attached hydrogen (secondary N) is 2. The Hall–Kier alpha value is -2.65. The monoisotopic (exact) mass is 388 g/mol. The largest absolute Gasteiger partial charge is 0.334 e. The molecule has 0 fully saturated rings. The number of benzene rings is 1. The van der Waals surface area contributed by atoms with E-state index in [0.717, 1.165) is 29.0 Å². The first-order valence-corrected chi connectivity index (χ1v) is 10.4. The van der Waals surface area contributed by atoms with E-state index < -0.39 is 10.0 Å². The van der Waals surface area contributed by atoms with Gasteiger partial charge in [0.05, 0.1) is 6.20 Å². The molecule has 2 N–H and O–H groups in total. The van der Waals surface area contributed by atoms with Crippen molar-refractivity contribution in [3.8, 4) is 0 Å². The maximum atomic E-state index is 12.8. The van der Waals surface area contributed by atoms with Crippen LogP contribution in [0, 0.1) is 0 Å². The molecule has 0 radical (unpaired) electrons. The molecule has 0 saturated carbocycles. The highest BCUT2D eigenvalue weighted by atomic mass is 32.2. The summed E-state index contributed by atoms with van der Waals surface area (Å²) >= 11 is 1.14. The van der Waals surface area contributed by atoms with Crippen LogP contribution in [-0.2, 0) is 23.0 Å². The van der Waals surface area contributed by atoms with E-state index in [1.165, 1.54) is 6.07 Å².